The van der Waals surface area contributed by atoms with E-state index in [1.54, 1.807) is 42.5 Å². The van der Waals surface area contributed by atoms with Gasteiger partial charge in [-0.2, -0.15) is 14.6 Å². The third-order valence-electron chi connectivity index (χ3n) is 4.36. The van der Waals surface area contributed by atoms with E-state index in [2.05, 4.69) is 14.8 Å². The molecule has 4 rings (SSSR count). The van der Waals surface area contributed by atoms with Crippen molar-refractivity contribution in [2.45, 2.75) is 6.42 Å². The average molecular weight is 423 g/mol. The molecule has 30 heavy (non-hydrogen) atoms. The normalized spacial score (nSPS) is 11.7. The van der Waals surface area contributed by atoms with Crippen LogP contribution in [0.2, 0.25) is 0 Å². The maximum absolute atomic E-state index is 13.1. The van der Waals surface area contributed by atoms with Crippen molar-refractivity contribution in [2.75, 3.05) is 7.11 Å². The maximum atomic E-state index is 13.1. The summed E-state index contributed by atoms with van der Waals surface area (Å²) in [5, 5.41) is 4.17. The number of aromatic nitrogens is 3. The van der Waals surface area contributed by atoms with Crippen molar-refractivity contribution < 1.29 is 13.9 Å². The minimum Gasteiger partial charge on any atom is -0.465 e. The van der Waals surface area contributed by atoms with Crippen molar-refractivity contribution in [1.29, 1.82) is 0 Å². The van der Waals surface area contributed by atoms with Crippen molar-refractivity contribution in [1.82, 2.24) is 14.6 Å². The summed E-state index contributed by atoms with van der Waals surface area (Å²) in [5.74, 6) is -0.829. The number of benzene rings is 2. The molecule has 4 aromatic rings. The van der Waals surface area contributed by atoms with Gasteiger partial charge in [-0.05, 0) is 41.5 Å². The molecule has 0 aliphatic heterocycles. The van der Waals surface area contributed by atoms with Crippen LogP contribution in [0.25, 0.3) is 11.0 Å². The fourth-order valence-electron chi connectivity index (χ4n) is 2.83. The van der Waals surface area contributed by atoms with Crippen LogP contribution in [0.1, 0.15) is 27.2 Å². The summed E-state index contributed by atoms with van der Waals surface area (Å²) in [6, 6.07) is 12.2. The lowest BCUT2D eigenvalue weighted by atomic mass is 10.1. The number of hydrogen-bond acceptors (Lipinski definition) is 7. The number of thiazole rings is 1. The van der Waals surface area contributed by atoms with Gasteiger partial charge in [0.2, 0.25) is 4.96 Å². The molecule has 0 bridgehead atoms. The first kappa shape index (κ1) is 19.6. The largest absolute Gasteiger partial charge is 0.465 e. The first-order valence-electron chi connectivity index (χ1n) is 8.82. The van der Waals surface area contributed by atoms with Gasteiger partial charge < -0.3 is 4.74 Å². The zero-order chi connectivity index (χ0) is 21.3. The molecule has 0 aliphatic carbocycles. The Kier molecular flexibility index (Phi) is 5.20. The summed E-state index contributed by atoms with van der Waals surface area (Å²) in [5.41, 5.74) is 0.939. The fourth-order valence-corrected chi connectivity index (χ4v) is 3.74. The van der Waals surface area contributed by atoms with E-state index in [4.69, 9.17) is 0 Å². The number of hydrogen-bond donors (Lipinski definition) is 0. The molecule has 2 aromatic carbocycles. The highest BCUT2D eigenvalue weighted by Crippen LogP contribution is 2.08. The lowest BCUT2D eigenvalue weighted by Crippen LogP contribution is -2.28. The number of ether oxygens (including phenoxy) is 1. The molecule has 0 radical (unpaired) electrons. The summed E-state index contributed by atoms with van der Waals surface area (Å²) in [7, 11) is 1.30. The minimum absolute atomic E-state index is 0.1000. The molecule has 7 nitrogen and oxygen atoms in total. The molecule has 0 unspecified atom stereocenters. The quantitative estimate of drug-likeness (QED) is 0.463. The Labute approximate surface area is 172 Å². The van der Waals surface area contributed by atoms with Crippen LogP contribution in [0.15, 0.2) is 58.1 Å². The standard InChI is InChI=1S/C21H14FN3O4S/c1-29-20(28)14-6-2-13(3-7-14)11-17-19(27)25-21(30-17)23-18(26)16(24-25)10-12-4-8-15(22)9-5-12/h2-9,11H,10H2,1H3. The smallest absolute Gasteiger partial charge is 0.337 e. The molecule has 150 valence electrons. The Morgan fingerprint density at radius 3 is 2.50 bits per heavy atom. The highest BCUT2D eigenvalue weighted by atomic mass is 32.1. The lowest BCUT2D eigenvalue weighted by Gasteiger charge is -2.00. The van der Waals surface area contributed by atoms with Crippen LogP contribution in [-0.4, -0.2) is 27.7 Å². The van der Waals surface area contributed by atoms with Crippen molar-refractivity contribution >= 4 is 28.3 Å². The van der Waals surface area contributed by atoms with E-state index in [-0.39, 0.29) is 22.9 Å². The molecule has 0 aliphatic rings. The number of halogens is 1. The zero-order valence-electron chi connectivity index (χ0n) is 15.7. The van der Waals surface area contributed by atoms with E-state index in [0.717, 1.165) is 15.9 Å². The van der Waals surface area contributed by atoms with Crippen LogP contribution in [0.5, 0.6) is 0 Å². The molecule has 0 saturated heterocycles. The van der Waals surface area contributed by atoms with Crippen molar-refractivity contribution in [3.8, 4) is 0 Å². The molecule has 0 N–H and O–H groups in total. The third-order valence-corrected chi connectivity index (χ3v) is 5.32. The first-order valence-corrected chi connectivity index (χ1v) is 9.63. The first-order chi connectivity index (χ1) is 14.4. The zero-order valence-corrected chi connectivity index (χ0v) is 16.5. The van der Waals surface area contributed by atoms with Gasteiger partial charge in [0.1, 0.15) is 11.5 Å². The highest BCUT2D eigenvalue weighted by molar-refractivity contribution is 7.15. The van der Waals surface area contributed by atoms with E-state index >= 15 is 0 Å². The number of esters is 1. The van der Waals surface area contributed by atoms with E-state index < -0.39 is 17.1 Å². The number of methoxy groups -OCH3 is 1. The van der Waals surface area contributed by atoms with Crippen molar-refractivity contribution in [3.05, 3.63) is 102 Å². The summed E-state index contributed by atoms with van der Waals surface area (Å²) in [4.78, 5) is 40.7. The van der Waals surface area contributed by atoms with Crippen LogP contribution >= 0.6 is 11.3 Å². The second-order valence-electron chi connectivity index (χ2n) is 6.39. The summed E-state index contributed by atoms with van der Waals surface area (Å²) in [6.45, 7) is 0. The molecular formula is C21H14FN3O4S. The summed E-state index contributed by atoms with van der Waals surface area (Å²) in [6.07, 6.45) is 1.77. The molecule has 2 aromatic heterocycles. The van der Waals surface area contributed by atoms with Crippen LogP contribution in [0, 0.1) is 5.82 Å². The lowest BCUT2D eigenvalue weighted by molar-refractivity contribution is 0.0600. The number of rotatable bonds is 4. The highest BCUT2D eigenvalue weighted by Gasteiger charge is 2.12. The predicted molar refractivity (Wildman–Crippen MR) is 109 cm³/mol. The van der Waals surface area contributed by atoms with Crippen LogP contribution in [-0.2, 0) is 11.2 Å². The summed E-state index contributed by atoms with van der Waals surface area (Å²) < 4.78 is 19.2. The number of nitrogens with zero attached hydrogens (tertiary/aromatic N) is 3. The number of carbonyl (C=O) groups excluding carboxylic acids is 1. The number of fused-ring (bicyclic) bond motifs is 1. The second-order valence-corrected chi connectivity index (χ2v) is 7.40. The van der Waals surface area contributed by atoms with Gasteiger partial charge in [-0.3, -0.25) is 9.59 Å². The van der Waals surface area contributed by atoms with Gasteiger partial charge in [0.25, 0.3) is 11.1 Å². The van der Waals surface area contributed by atoms with E-state index in [9.17, 15) is 18.8 Å². The SMILES string of the molecule is COC(=O)c1ccc(C=c2sc3nc(=O)c(Cc4ccc(F)cc4)nn3c2=O)cc1. The Hall–Kier alpha value is -3.72. The van der Waals surface area contributed by atoms with Gasteiger partial charge >= 0.3 is 5.97 Å². The van der Waals surface area contributed by atoms with E-state index in [0.29, 0.717) is 21.2 Å². The van der Waals surface area contributed by atoms with E-state index in [1.807, 2.05) is 0 Å². The molecule has 0 amide bonds. The van der Waals surface area contributed by atoms with Crippen LogP contribution < -0.4 is 15.7 Å². The minimum atomic E-state index is -0.533. The van der Waals surface area contributed by atoms with Crippen LogP contribution in [0.4, 0.5) is 4.39 Å². The Morgan fingerprint density at radius 1 is 1.13 bits per heavy atom. The predicted octanol–water partition coefficient (Wildman–Crippen LogP) is 1.58. The fraction of sp³-hybridized carbons (Fsp3) is 0.0952. The van der Waals surface area contributed by atoms with Crippen LogP contribution in [0.3, 0.4) is 0 Å². The third kappa shape index (κ3) is 3.87. The maximum Gasteiger partial charge on any atom is 0.337 e. The molecule has 0 spiro atoms. The van der Waals surface area contributed by atoms with Gasteiger partial charge in [0.05, 0.1) is 17.2 Å². The molecule has 0 fully saturated rings. The molecular weight excluding hydrogens is 409 g/mol. The average Bonchev–Trinajstić information content (AvgIpc) is 3.04. The monoisotopic (exact) mass is 423 g/mol. The topological polar surface area (TPSA) is 90.6 Å². The molecule has 2 heterocycles. The van der Waals surface area contributed by atoms with Gasteiger partial charge in [0, 0.05) is 6.42 Å². The van der Waals surface area contributed by atoms with Gasteiger partial charge in [-0.15, -0.1) is 0 Å². The Bertz CT molecular complexity index is 1410. The van der Waals surface area contributed by atoms with Gasteiger partial charge in [-0.25, -0.2) is 9.18 Å². The molecule has 0 atom stereocenters. The van der Waals surface area contributed by atoms with Crippen molar-refractivity contribution in [3.63, 3.8) is 0 Å². The molecule has 0 saturated carbocycles. The Balaban J connectivity index is 1.72. The second kappa shape index (κ2) is 7.96. The Morgan fingerprint density at radius 2 is 1.83 bits per heavy atom. The van der Waals surface area contributed by atoms with E-state index in [1.165, 1.54) is 19.2 Å². The van der Waals surface area contributed by atoms with Crippen molar-refractivity contribution in [2.24, 2.45) is 0 Å². The summed E-state index contributed by atoms with van der Waals surface area (Å²) >= 11 is 1.04. The number of carbonyl (C=O) groups is 1. The molecule has 9 heteroatoms. The van der Waals surface area contributed by atoms with Gasteiger partial charge in [0.15, 0.2) is 0 Å². The van der Waals surface area contributed by atoms with Gasteiger partial charge in [-0.1, -0.05) is 35.6 Å².